The van der Waals surface area contributed by atoms with Crippen LogP contribution in [-0.2, 0) is 16.0 Å². The molecule has 2 aromatic rings. The number of amides is 4. The molecule has 2 heterocycles. The molecule has 8 heteroatoms. The number of benzene rings is 1. The number of methoxy groups -OCH3 is 1. The second-order valence-corrected chi connectivity index (χ2v) is 6.07. The predicted octanol–water partition coefficient (Wildman–Crippen LogP) is 1.58. The van der Waals surface area contributed by atoms with E-state index in [1.54, 1.807) is 12.1 Å². The van der Waals surface area contributed by atoms with Crippen molar-refractivity contribution in [1.29, 1.82) is 0 Å². The van der Waals surface area contributed by atoms with E-state index in [9.17, 15) is 14.4 Å². The molecule has 0 saturated carbocycles. The molecule has 0 spiro atoms. The second-order valence-electron chi connectivity index (χ2n) is 6.07. The normalized spacial score (nSPS) is 16.2. The van der Waals surface area contributed by atoms with Gasteiger partial charge in [-0.3, -0.25) is 14.5 Å². The lowest BCUT2D eigenvalue weighted by molar-refractivity contribution is -0.129. The molecular formula is C19H20N4O4. The van der Waals surface area contributed by atoms with Crippen LogP contribution in [0.3, 0.4) is 0 Å². The van der Waals surface area contributed by atoms with Gasteiger partial charge in [0.05, 0.1) is 25.4 Å². The standard InChI is InChI=1S/C19H20N4O4/c1-27-17-8-7-14(12-20-17)21-16(24)11-15-18(25)23(19(26)22-15)10-9-13-5-3-2-4-6-13/h2-8,12,15H,9-11H2,1H3,(H,21,24)(H,22,26). The molecule has 0 radical (unpaired) electrons. The van der Waals surface area contributed by atoms with Gasteiger partial charge >= 0.3 is 6.03 Å². The number of nitrogens with one attached hydrogen (secondary N) is 2. The van der Waals surface area contributed by atoms with Crippen molar-refractivity contribution in [1.82, 2.24) is 15.2 Å². The first-order valence-corrected chi connectivity index (χ1v) is 8.52. The van der Waals surface area contributed by atoms with Gasteiger partial charge in [-0.1, -0.05) is 30.3 Å². The molecule has 8 nitrogen and oxygen atoms in total. The van der Waals surface area contributed by atoms with Gasteiger partial charge in [-0.15, -0.1) is 0 Å². The highest BCUT2D eigenvalue weighted by Crippen LogP contribution is 2.14. The lowest BCUT2D eigenvalue weighted by Gasteiger charge is -2.13. The van der Waals surface area contributed by atoms with Crippen LogP contribution in [0.1, 0.15) is 12.0 Å². The SMILES string of the molecule is COc1ccc(NC(=O)CC2NC(=O)N(CCc3ccccc3)C2=O)cn1. The maximum absolute atomic E-state index is 12.4. The van der Waals surface area contributed by atoms with Crippen LogP contribution < -0.4 is 15.4 Å². The summed E-state index contributed by atoms with van der Waals surface area (Å²) in [6.07, 6.45) is 1.88. The number of ether oxygens (including phenoxy) is 1. The fraction of sp³-hybridized carbons (Fsp3) is 0.263. The molecule has 1 atom stereocenters. The van der Waals surface area contributed by atoms with Gasteiger partial charge in [-0.05, 0) is 18.1 Å². The summed E-state index contributed by atoms with van der Waals surface area (Å²) in [7, 11) is 1.50. The molecule has 3 rings (SSSR count). The quantitative estimate of drug-likeness (QED) is 0.723. The Hall–Kier alpha value is -3.42. The third-order valence-corrected chi connectivity index (χ3v) is 4.19. The van der Waals surface area contributed by atoms with Crippen LogP contribution in [0.15, 0.2) is 48.7 Å². The first-order valence-electron chi connectivity index (χ1n) is 8.52. The molecule has 1 saturated heterocycles. The van der Waals surface area contributed by atoms with E-state index in [4.69, 9.17) is 4.74 Å². The van der Waals surface area contributed by atoms with Crippen LogP contribution >= 0.6 is 0 Å². The Morgan fingerprint density at radius 1 is 1.22 bits per heavy atom. The van der Waals surface area contributed by atoms with E-state index in [2.05, 4.69) is 15.6 Å². The lowest BCUT2D eigenvalue weighted by atomic mass is 10.1. The second kappa shape index (κ2) is 8.31. The highest BCUT2D eigenvalue weighted by molar-refractivity contribution is 6.06. The van der Waals surface area contributed by atoms with E-state index in [0.29, 0.717) is 18.0 Å². The summed E-state index contributed by atoms with van der Waals surface area (Å²) in [6.45, 7) is 0.273. The third-order valence-electron chi connectivity index (χ3n) is 4.19. The lowest BCUT2D eigenvalue weighted by Crippen LogP contribution is -2.34. The van der Waals surface area contributed by atoms with Crippen molar-refractivity contribution in [3.8, 4) is 5.88 Å². The summed E-state index contributed by atoms with van der Waals surface area (Å²) in [4.78, 5) is 41.8. The van der Waals surface area contributed by atoms with E-state index < -0.39 is 12.1 Å². The van der Waals surface area contributed by atoms with Crippen LogP contribution in [0.2, 0.25) is 0 Å². The number of anilines is 1. The van der Waals surface area contributed by atoms with Crippen molar-refractivity contribution in [2.24, 2.45) is 0 Å². The number of aromatic nitrogens is 1. The summed E-state index contributed by atoms with van der Waals surface area (Å²) in [5.74, 6) is -0.343. The topological polar surface area (TPSA) is 101 Å². The molecule has 2 N–H and O–H groups in total. The zero-order chi connectivity index (χ0) is 19.2. The van der Waals surface area contributed by atoms with Gasteiger partial charge in [0.2, 0.25) is 11.8 Å². The van der Waals surface area contributed by atoms with Crippen molar-refractivity contribution < 1.29 is 19.1 Å². The highest BCUT2D eigenvalue weighted by Gasteiger charge is 2.38. The Kier molecular flexibility index (Phi) is 5.65. The molecule has 4 amide bonds. The van der Waals surface area contributed by atoms with E-state index in [1.807, 2.05) is 30.3 Å². The number of hydrogen-bond donors (Lipinski definition) is 2. The number of imide groups is 1. The van der Waals surface area contributed by atoms with E-state index in [-0.39, 0.29) is 24.8 Å². The maximum Gasteiger partial charge on any atom is 0.324 e. The molecule has 1 aromatic carbocycles. The van der Waals surface area contributed by atoms with Gasteiger partial charge in [0.1, 0.15) is 6.04 Å². The fourth-order valence-corrected chi connectivity index (χ4v) is 2.78. The number of hydrogen-bond acceptors (Lipinski definition) is 5. The van der Waals surface area contributed by atoms with Gasteiger partial charge in [0, 0.05) is 12.6 Å². The Labute approximate surface area is 156 Å². The van der Waals surface area contributed by atoms with Crippen LogP contribution in [0, 0.1) is 0 Å². The van der Waals surface area contributed by atoms with Crippen LogP contribution in [-0.4, -0.2) is 47.4 Å². The van der Waals surface area contributed by atoms with Crippen molar-refractivity contribution in [2.75, 3.05) is 19.0 Å². The fourth-order valence-electron chi connectivity index (χ4n) is 2.78. The highest BCUT2D eigenvalue weighted by atomic mass is 16.5. The summed E-state index contributed by atoms with van der Waals surface area (Å²) in [5, 5.41) is 5.22. The van der Waals surface area contributed by atoms with Crippen LogP contribution in [0.4, 0.5) is 10.5 Å². The molecule has 1 unspecified atom stereocenters. The van der Waals surface area contributed by atoms with Crippen molar-refractivity contribution in [3.63, 3.8) is 0 Å². The number of carbonyl (C=O) groups excluding carboxylic acids is 3. The molecule has 1 aliphatic heterocycles. The number of rotatable bonds is 7. The molecule has 1 fully saturated rings. The Morgan fingerprint density at radius 2 is 2.00 bits per heavy atom. The number of nitrogens with zero attached hydrogens (tertiary/aromatic N) is 2. The average molecular weight is 368 g/mol. The number of carbonyl (C=O) groups is 3. The summed E-state index contributed by atoms with van der Waals surface area (Å²) < 4.78 is 4.95. The van der Waals surface area contributed by atoms with Crippen LogP contribution in [0.25, 0.3) is 0 Å². The van der Waals surface area contributed by atoms with Crippen molar-refractivity contribution in [2.45, 2.75) is 18.9 Å². The average Bonchev–Trinajstić information content (AvgIpc) is 2.94. The minimum atomic E-state index is -0.862. The van der Waals surface area contributed by atoms with Crippen molar-refractivity contribution >= 4 is 23.5 Å². The van der Waals surface area contributed by atoms with Gasteiger partial charge in [-0.25, -0.2) is 9.78 Å². The Balaban J connectivity index is 1.53. The summed E-state index contributed by atoms with van der Waals surface area (Å²) in [6, 6.07) is 11.5. The number of urea groups is 1. The molecule has 1 aromatic heterocycles. The Morgan fingerprint density at radius 3 is 2.67 bits per heavy atom. The number of pyridine rings is 1. The zero-order valence-electron chi connectivity index (χ0n) is 14.8. The minimum Gasteiger partial charge on any atom is -0.481 e. The Bertz CT molecular complexity index is 823. The monoisotopic (exact) mass is 368 g/mol. The smallest absolute Gasteiger partial charge is 0.324 e. The van der Waals surface area contributed by atoms with Gasteiger partial charge in [-0.2, -0.15) is 0 Å². The molecule has 0 aliphatic carbocycles. The first-order chi connectivity index (χ1) is 13.1. The molecule has 27 heavy (non-hydrogen) atoms. The first kappa shape index (κ1) is 18.4. The molecule has 140 valence electrons. The van der Waals surface area contributed by atoms with Crippen molar-refractivity contribution in [3.05, 3.63) is 54.2 Å². The third kappa shape index (κ3) is 4.60. The molecular weight excluding hydrogens is 348 g/mol. The molecule has 0 bridgehead atoms. The van der Waals surface area contributed by atoms with Crippen LogP contribution in [0.5, 0.6) is 5.88 Å². The largest absolute Gasteiger partial charge is 0.481 e. The van der Waals surface area contributed by atoms with Gasteiger partial charge in [0.25, 0.3) is 5.91 Å². The van der Waals surface area contributed by atoms with E-state index >= 15 is 0 Å². The molecule has 1 aliphatic rings. The zero-order valence-corrected chi connectivity index (χ0v) is 14.8. The van der Waals surface area contributed by atoms with E-state index in [1.165, 1.54) is 13.3 Å². The summed E-state index contributed by atoms with van der Waals surface area (Å²) in [5.41, 5.74) is 1.52. The predicted molar refractivity (Wildman–Crippen MR) is 98.2 cm³/mol. The van der Waals surface area contributed by atoms with Gasteiger partial charge < -0.3 is 15.4 Å². The minimum absolute atomic E-state index is 0.140. The van der Waals surface area contributed by atoms with E-state index in [0.717, 1.165) is 10.5 Å². The summed E-state index contributed by atoms with van der Waals surface area (Å²) >= 11 is 0. The van der Waals surface area contributed by atoms with Gasteiger partial charge in [0.15, 0.2) is 0 Å². The maximum atomic E-state index is 12.4.